The van der Waals surface area contributed by atoms with Crippen molar-refractivity contribution >= 4 is 15.9 Å². The molecular formula is C15H13BrF2. The van der Waals surface area contributed by atoms with Crippen LogP contribution in [0.3, 0.4) is 0 Å². The number of halogens is 3. The van der Waals surface area contributed by atoms with Crippen molar-refractivity contribution in [3.63, 3.8) is 0 Å². The average molecular weight is 311 g/mol. The fraction of sp³-hybridized carbons (Fsp3) is 0.200. The lowest BCUT2D eigenvalue weighted by atomic mass is 9.99. The van der Waals surface area contributed by atoms with Gasteiger partial charge in [-0.05, 0) is 54.3 Å². The fourth-order valence-corrected chi connectivity index (χ4v) is 2.67. The Bertz CT molecular complexity index is 579. The van der Waals surface area contributed by atoms with E-state index >= 15 is 0 Å². The van der Waals surface area contributed by atoms with E-state index in [9.17, 15) is 8.78 Å². The van der Waals surface area contributed by atoms with E-state index < -0.39 is 0 Å². The number of hydrogen-bond donors (Lipinski definition) is 0. The lowest BCUT2D eigenvalue weighted by Gasteiger charge is -2.14. The molecule has 0 bridgehead atoms. The van der Waals surface area contributed by atoms with Gasteiger partial charge in [0.15, 0.2) is 0 Å². The summed E-state index contributed by atoms with van der Waals surface area (Å²) in [5.41, 5.74) is 3.37. The van der Waals surface area contributed by atoms with Gasteiger partial charge < -0.3 is 0 Å². The highest BCUT2D eigenvalue weighted by Crippen LogP contribution is 2.33. The Balaban J connectivity index is 2.44. The van der Waals surface area contributed by atoms with Crippen molar-refractivity contribution in [3.05, 3.63) is 70.3 Å². The molecule has 1 unspecified atom stereocenters. The molecule has 2 aromatic carbocycles. The second-order valence-electron chi connectivity index (χ2n) is 4.37. The first-order valence-electron chi connectivity index (χ1n) is 5.65. The Morgan fingerprint density at radius 3 is 2.33 bits per heavy atom. The molecule has 2 rings (SSSR count). The van der Waals surface area contributed by atoms with Crippen LogP contribution in [0.25, 0.3) is 0 Å². The zero-order chi connectivity index (χ0) is 13.3. The molecule has 0 aliphatic rings. The van der Waals surface area contributed by atoms with Gasteiger partial charge in [-0.1, -0.05) is 34.1 Å². The van der Waals surface area contributed by atoms with E-state index in [1.165, 1.54) is 18.2 Å². The molecule has 0 aliphatic heterocycles. The summed E-state index contributed by atoms with van der Waals surface area (Å²) in [6.45, 7) is 3.65. The first-order valence-corrected chi connectivity index (χ1v) is 6.57. The van der Waals surface area contributed by atoms with Crippen LogP contribution < -0.4 is 0 Å². The molecular weight excluding hydrogens is 298 g/mol. The second kappa shape index (κ2) is 5.19. The highest BCUT2D eigenvalue weighted by atomic mass is 79.9. The third kappa shape index (κ3) is 2.61. The van der Waals surface area contributed by atoms with E-state index in [0.29, 0.717) is 5.56 Å². The molecule has 0 fully saturated rings. The Kier molecular flexibility index (Phi) is 3.81. The van der Waals surface area contributed by atoms with Crippen LogP contribution in [0.15, 0.2) is 36.4 Å². The first kappa shape index (κ1) is 13.2. The van der Waals surface area contributed by atoms with E-state index in [4.69, 9.17) is 0 Å². The molecule has 1 atom stereocenters. The summed E-state index contributed by atoms with van der Waals surface area (Å²) in [7, 11) is 0. The minimum atomic E-state index is -0.265. The van der Waals surface area contributed by atoms with Gasteiger partial charge in [0.05, 0.1) is 4.83 Å². The maximum Gasteiger partial charge on any atom is 0.126 e. The van der Waals surface area contributed by atoms with E-state index in [-0.39, 0.29) is 16.5 Å². The van der Waals surface area contributed by atoms with Crippen LogP contribution in [0, 0.1) is 25.5 Å². The standard InChI is InChI=1S/C15H13BrF2/c1-9-3-5-12(17)8-13(9)15(16)11-4-6-14(18)10(2)7-11/h3-8,15H,1-2H3. The largest absolute Gasteiger partial charge is 0.207 e. The summed E-state index contributed by atoms with van der Waals surface area (Å²) in [6.07, 6.45) is 0. The summed E-state index contributed by atoms with van der Waals surface area (Å²) in [6, 6.07) is 9.62. The number of rotatable bonds is 2. The van der Waals surface area contributed by atoms with Gasteiger partial charge in [-0.3, -0.25) is 0 Å². The van der Waals surface area contributed by atoms with Gasteiger partial charge in [0.1, 0.15) is 11.6 Å². The molecule has 0 saturated carbocycles. The summed E-state index contributed by atoms with van der Waals surface area (Å²) in [5.74, 6) is -0.492. The van der Waals surface area contributed by atoms with E-state index in [0.717, 1.165) is 16.7 Å². The van der Waals surface area contributed by atoms with Crippen LogP contribution in [0.2, 0.25) is 0 Å². The normalized spacial score (nSPS) is 12.5. The molecule has 0 saturated heterocycles. The number of hydrogen-bond acceptors (Lipinski definition) is 0. The molecule has 0 amide bonds. The number of benzene rings is 2. The van der Waals surface area contributed by atoms with E-state index in [1.54, 1.807) is 25.1 Å². The maximum atomic E-state index is 13.3. The van der Waals surface area contributed by atoms with Gasteiger partial charge in [-0.2, -0.15) is 0 Å². The van der Waals surface area contributed by atoms with Gasteiger partial charge in [0.25, 0.3) is 0 Å². The second-order valence-corrected chi connectivity index (χ2v) is 5.29. The molecule has 0 aromatic heterocycles. The topological polar surface area (TPSA) is 0 Å². The molecule has 0 spiro atoms. The number of alkyl halides is 1. The molecule has 18 heavy (non-hydrogen) atoms. The van der Waals surface area contributed by atoms with Gasteiger partial charge in [-0.25, -0.2) is 8.78 Å². The quantitative estimate of drug-likeness (QED) is 0.680. The lowest BCUT2D eigenvalue weighted by Crippen LogP contribution is -1.98. The molecule has 0 heterocycles. The molecule has 3 heteroatoms. The third-order valence-corrected chi connectivity index (χ3v) is 4.01. The van der Waals surface area contributed by atoms with Crippen molar-refractivity contribution in [2.45, 2.75) is 18.7 Å². The maximum absolute atomic E-state index is 13.3. The minimum absolute atomic E-state index is 0.132. The van der Waals surface area contributed by atoms with Crippen LogP contribution in [-0.4, -0.2) is 0 Å². The van der Waals surface area contributed by atoms with Crippen LogP contribution in [0.4, 0.5) is 8.78 Å². The van der Waals surface area contributed by atoms with Gasteiger partial charge >= 0.3 is 0 Å². The Morgan fingerprint density at radius 1 is 0.944 bits per heavy atom. The molecule has 0 radical (unpaired) electrons. The summed E-state index contributed by atoms with van der Waals surface area (Å²) < 4.78 is 26.5. The van der Waals surface area contributed by atoms with Crippen molar-refractivity contribution in [2.24, 2.45) is 0 Å². The predicted octanol–water partition coefficient (Wildman–Crippen LogP) is 5.07. The number of aryl methyl sites for hydroxylation is 2. The lowest BCUT2D eigenvalue weighted by molar-refractivity contribution is 0.617. The van der Waals surface area contributed by atoms with Crippen molar-refractivity contribution < 1.29 is 8.78 Å². The van der Waals surface area contributed by atoms with E-state index in [2.05, 4.69) is 15.9 Å². The fourth-order valence-electron chi connectivity index (χ4n) is 1.89. The highest BCUT2D eigenvalue weighted by molar-refractivity contribution is 9.09. The van der Waals surface area contributed by atoms with Crippen molar-refractivity contribution in [2.75, 3.05) is 0 Å². The molecule has 0 nitrogen and oxygen atoms in total. The van der Waals surface area contributed by atoms with Crippen LogP contribution >= 0.6 is 15.9 Å². The van der Waals surface area contributed by atoms with Gasteiger partial charge in [0, 0.05) is 0 Å². The Morgan fingerprint density at radius 2 is 1.67 bits per heavy atom. The third-order valence-electron chi connectivity index (χ3n) is 2.99. The SMILES string of the molecule is Cc1cc(C(Br)c2cc(F)ccc2C)ccc1F. The van der Waals surface area contributed by atoms with Crippen LogP contribution in [-0.2, 0) is 0 Å². The molecule has 0 aliphatic carbocycles. The van der Waals surface area contributed by atoms with Crippen molar-refractivity contribution in [1.29, 1.82) is 0 Å². The zero-order valence-electron chi connectivity index (χ0n) is 10.2. The minimum Gasteiger partial charge on any atom is -0.207 e. The Hall–Kier alpha value is -1.22. The molecule has 0 N–H and O–H groups in total. The van der Waals surface area contributed by atoms with Crippen LogP contribution in [0.5, 0.6) is 0 Å². The van der Waals surface area contributed by atoms with Crippen molar-refractivity contribution in [1.82, 2.24) is 0 Å². The van der Waals surface area contributed by atoms with Crippen molar-refractivity contribution in [3.8, 4) is 0 Å². The first-order chi connectivity index (χ1) is 8.49. The molecule has 94 valence electrons. The van der Waals surface area contributed by atoms with Gasteiger partial charge in [0.2, 0.25) is 0 Å². The summed E-state index contributed by atoms with van der Waals surface area (Å²) >= 11 is 3.55. The smallest absolute Gasteiger partial charge is 0.126 e. The zero-order valence-corrected chi connectivity index (χ0v) is 11.8. The highest BCUT2D eigenvalue weighted by Gasteiger charge is 2.14. The summed E-state index contributed by atoms with van der Waals surface area (Å²) in [4.78, 5) is -0.132. The molecule has 2 aromatic rings. The van der Waals surface area contributed by atoms with Crippen LogP contribution in [0.1, 0.15) is 27.1 Å². The predicted molar refractivity (Wildman–Crippen MR) is 73.0 cm³/mol. The van der Waals surface area contributed by atoms with E-state index in [1.807, 2.05) is 6.92 Å². The Labute approximate surface area is 114 Å². The average Bonchev–Trinajstić information content (AvgIpc) is 2.35. The summed E-state index contributed by atoms with van der Waals surface area (Å²) in [5, 5.41) is 0. The monoisotopic (exact) mass is 310 g/mol. The van der Waals surface area contributed by atoms with Gasteiger partial charge in [-0.15, -0.1) is 0 Å².